The second-order valence-electron chi connectivity index (χ2n) is 2.55. The number of rotatable bonds is 1. The maximum atomic E-state index is 9.00. The predicted molar refractivity (Wildman–Crippen MR) is 51.0 cm³/mol. The van der Waals surface area contributed by atoms with Crippen LogP contribution in [-0.2, 0) is 6.61 Å². The fraction of sp³-hybridized carbons (Fsp3) is 0.143. The summed E-state index contributed by atoms with van der Waals surface area (Å²) in [6.45, 7) is -0.0801. The quantitative estimate of drug-likeness (QED) is 0.767. The number of fused-ring (bicyclic) bond motifs is 1. The van der Waals surface area contributed by atoms with E-state index in [9.17, 15) is 0 Å². The van der Waals surface area contributed by atoms with Gasteiger partial charge in [-0.1, -0.05) is 0 Å². The predicted octanol–water partition coefficient (Wildman–Crippen LogP) is 0.566. The average molecular weight is 243 g/mol. The minimum atomic E-state index is -0.0801. The first-order valence-electron chi connectivity index (χ1n) is 3.61. The highest BCUT2D eigenvalue weighted by Crippen LogP contribution is 2.24. The second-order valence-corrected chi connectivity index (χ2v) is 3.40. The van der Waals surface area contributed by atoms with Crippen molar-refractivity contribution in [2.45, 2.75) is 6.61 Å². The SMILES string of the molecule is Nc1ncnn2c(CO)cc(Br)c12. The number of hydrogen-bond acceptors (Lipinski definition) is 4. The van der Waals surface area contributed by atoms with Gasteiger partial charge in [-0.3, -0.25) is 0 Å². The lowest BCUT2D eigenvalue weighted by molar-refractivity contribution is 0.274. The van der Waals surface area contributed by atoms with E-state index >= 15 is 0 Å². The van der Waals surface area contributed by atoms with Crippen LogP contribution in [0.15, 0.2) is 16.9 Å². The second kappa shape index (κ2) is 2.97. The fourth-order valence-corrected chi connectivity index (χ4v) is 1.83. The molecule has 13 heavy (non-hydrogen) atoms. The summed E-state index contributed by atoms with van der Waals surface area (Å²) in [7, 11) is 0. The van der Waals surface area contributed by atoms with Crippen molar-refractivity contribution in [2.24, 2.45) is 0 Å². The molecule has 0 fully saturated rings. The number of aromatic nitrogens is 3. The van der Waals surface area contributed by atoms with Crippen molar-refractivity contribution in [3.05, 3.63) is 22.6 Å². The van der Waals surface area contributed by atoms with Gasteiger partial charge in [0.1, 0.15) is 11.8 Å². The Kier molecular flexibility index (Phi) is 1.93. The van der Waals surface area contributed by atoms with Crippen LogP contribution in [0.25, 0.3) is 5.52 Å². The third-order valence-corrected chi connectivity index (χ3v) is 2.38. The molecule has 0 spiro atoms. The normalized spacial score (nSPS) is 10.9. The van der Waals surface area contributed by atoms with Crippen molar-refractivity contribution in [3.63, 3.8) is 0 Å². The summed E-state index contributed by atoms with van der Waals surface area (Å²) in [4.78, 5) is 3.85. The van der Waals surface area contributed by atoms with Gasteiger partial charge in [0.2, 0.25) is 0 Å². The molecule has 2 aromatic heterocycles. The van der Waals surface area contributed by atoms with E-state index in [4.69, 9.17) is 10.8 Å². The van der Waals surface area contributed by atoms with Crippen LogP contribution < -0.4 is 5.73 Å². The van der Waals surface area contributed by atoms with Crippen molar-refractivity contribution in [2.75, 3.05) is 5.73 Å². The van der Waals surface area contributed by atoms with E-state index in [2.05, 4.69) is 26.0 Å². The summed E-state index contributed by atoms with van der Waals surface area (Å²) < 4.78 is 2.35. The smallest absolute Gasteiger partial charge is 0.152 e. The first-order chi connectivity index (χ1) is 6.24. The van der Waals surface area contributed by atoms with Gasteiger partial charge < -0.3 is 10.8 Å². The maximum Gasteiger partial charge on any atom is 0.152 e. The van der Waals surface area contributed by atoms with E-state index in [0.717, 1.165) is 4.47 Å². The first kappa shape index (κ1) is 8.46. The summed E-state index contributed by atoms with van der Waals surface area (Å²) in [5.41, 5.74) is 7.00. The molecule has 0 aliphatic rings. The van der Waals surface area contributed by atoms with Crippen LogP contribution in [0.5, 0.6) is 0 Å². The van der Waals surface area contributed by atoms with Crippen molar-refractivity contribution in [3.8, 4) is 0 Å². The van der Waals surface area contributed by atoms with E-state index in [-0.39, 0.29) is 6.61 Å². The molecule has 0 radical (unpaired) electrons. The Bertz CT molecular complexity index is 453. The van der Waals surface area contributed by atoms with Crippen LogP contribution in [0.4, 0.5) is 5.82 Å². The van der Waals surface area contributed by atoms with Crippen molar-refractivity contribution < 1.29 is 5.11 Å². The van der Waals surface area contributed by atoms with Crippen molar-refractivity contribution in [1.29, 1.82) is 0 Å². The summed E-state index contributed by atoms with van der Waals surface area (Å²) in [5, 5.41) is 13.0. The highest BCUT2D eigenvalue weighted by atomic mass is 79.9. The number of aliphatic hydroxyl groups is 1. The summed E-state index contributed by atoms with van der Waals surface area (Å²) >= 11 is 3.32. The van der Waals surface area contributed by atoms with Gasteiger partial charge in [0.15, 0.2) is 5.82 Å². The molecule has 0 unspecified atom stereocenters. The highest BCUT2D eigenvalue weighted by Gasteiger charge is 2.09. The molecule has 0 aliphatic carbocycles. The zero-order valence-electron chi connectivity index (χ0n) is 6.61. The fourth-order valence-electron chi connectivity index (χ4n) is 1.20. The Balaban J connectivity index is 2.87. The standard InChI is InChI=1S/C7H7BrN4O/c8-5-1-4(2-13)12-6(5)7(9)10-3-11-12/h1,3,13H,2H2,(H2,9,10,11). The van der Waals surface area contributed by atoms with Crippen LogP contribution in [-0.4, -0.2) is 19.7 Å². The molecule has 0 bridgehead atoms. The molecule has 0 aliphatic heterocycles. The molecule has 2 aromatic rings. The van der Waals surface area contributed by atoms with E-state index < -0.39 is 0 Å². The molecule has 0 saturated carbocycles. The molecule has 6 heteroatoms. The molecule has 0 saturated heterocycles. The van der Waals surface area contributed by atoms with E-state index in [1.807, 2.05) is 0 Å². The Labute approximate surface area is 82.3 Å². The Morgan fingerprint density at radius 1 is 1.62 bits per heavy atom. The van der Waals surface area contributed by atoms with Crippen LogP contribution in [0.1, 0.15) is 5.69 Å². The third-order valence-electron chi connectivity index (χ3n) is 1.77. The van der Waals surface area contributed by atoms with Gasteiger partial charge in [-0.25, -0.2) is 9.50 Å². The zero-order chi connectivity index (χ0) is 9.42. The lowest BCUT2D eigenvalue weighted by Gasteiger charge is -1.98. The molecular weight excluding hydrogens is 236 g/mol. The Morgan fingerprint density at radius 2 is 2.38 bits per heavy atom. The number of nitrogens with zero attached hydrogens (tertiary/aromatic N) is 3. The monoisotopic (exact) mass is 242 g/mol. The first-order valence-corrected chi connectivity index (χ1v) is 4.41. The van der Waals surface area contributed by atoms with Crippen LogP contribution in [0.2, 0.25) is 0 Å². The molecule has 0 atom stereocenters. The molecular formula is C7H7BrN4O. The Hall–Kier alpha value is -1.14. The molecule has 2 rings (SSSR count). The van der Waals surface area contributed by atoms with Gasteiger partial charge in [-0.2, -0.15) is 5.10 Å². The zero-order valence-corrected chi connectivity index (χ0v) is 8.19. The van der Waals surface area contributed by atoms with E-state index in [1.165, 1.54) is 6.33 Å². The lowest BCUT2D eigenvalue weighted by atomic mass is 10.4. The van der Waals surface area contributed by atoms with Gasteiger partial charge in [0.05, 0.1) is 12.3 Å². The van der Waals surface area contributed by atoms with Gasteiger partial charge in [-0.15, -0.1) is 0 Å². The minimum absolute atomic E-state index is 0.0801. The van der Waals surface area contributed by atoms with Crippen LogP contribution in [0.3, 0.4) is 0 Å². The number of anilines is 1. The van der Waals surface area contributed by atoms with Crippen LogP contribution in [0, 0.1) is 0 Å². The average Bonchev–Trinajstić information content (AvgIpc) is 2.44. The number of nitrogens with two attached hydrogens (primary N) is 1. The van der Waals surface area contributed by atoms with Gasteiger partial charge >= 0.3 is 0 Å². The van der Waals surface area contributed by atoms with Crippen molar-refractivity contribution >= 4 is 27.3 Å². The molecule has 68 valence electrons. The molecule has 2 heterocycles. The number of aliphatic hydroxyl groups excluding tert-OH is 1. The molecule has 0 amide bonds. The summed E-state index contributed by atoms with van der Waals surface area (Å²) in [6.07, 6.45) is 1.36. The largest absolute Gasteiger partial charge is 0.390 e. The highest BCUT2D eigenvalue weighted by molar-refractivity contribution is 9.10. The summed E-state index contributed by atoms with van der Waals surface area (Å²) in [6, 6.07) is 1.76. The van der Waals surface area contributed by atoms with E-state index in [1.54, 1.807) is 10.6 Å². The van der Waals surface area contributed by atoms with Crippen LogP contribution >= 0.6 is 15.9 Å². The van der Waals surface area contributed by atoms with Gasteiger partial charge in [0, 0.05) is 4.47 Å². The van der Waals surface area contributed by atoms with Gasteiger partial charge in [0.25, 0.3) is 0 Å². The molecule has 5 nitrogen and oxygen atoms in total. The molecule has 3 N–H and O–H groups in total. The van der Waals surface area contributed by atoms with Gasteiger partial charge in [-0.05, 0) is 22.0 Å². The number of hydrogen-bond donors (Lipinski definition) is 2. The lowest BCUT2D eigenvalue weighted by Crippen LogP contribution is -2.01. The maximum absolute atomic E-state index is 9.00. The molecule has 0 aromatic carbocycles. The minimum Gasteiger partial charge on any atom is -0.390 e. The Morgan fingerprint density at radius 3 is 3.08 bits per heavy atom. The van der Waals surface area contributed by atoms with E-state index in [0.29, 0.717) is 17.0 Å². The number of halogens is 1. The number of nitrogen functional groups attached to an aromatic ring is 1. The van der Waals surface area contributed by atoms with Crippen molar-refractivity contribution in [1.82, 2.24) is 14.6 Å². The topological polar surface area (TPSA) is 76.4 Å². The summed E-state index contributed by atoms with van der Waals surface area (Å²) in [5.74, 6) is 0.390. The third kappa shape index (κ3) is 1.18.